The second kappa shape index (κ2) is 18.4. The zero-order valence-corrected chi connectivity index (χ0v) is 30.2. The van der Waals surface area contributed by atoms with E-state index in [0.29, 0.717) is 23.0 Å². The number of hydrogen-bond acceptors (Lipinski definition) is 6. The van der Waals surface area contributed by atoms with E-state index in [2.05, 4.69) is 0 Å². The lowest BCUT2D eigenvalue weighted by Crippen LogP contribution is -2.14. The molecule has 6 nitrogen and oxygen atoms in total. The third-order valence-electron chi connectivity index (χ3n) is 8.64. The number of ether oxygens (including phenoxy) is 4. The van der Waals surface area contributed by atoms with Gasteiger partial charge in [0, 0.05) is 11.1 Å². The molecule has 0 aliphatic rings. The Labute approximate surface area is 325 Å². The predicted octanol–water partition coefficient (Wildman–Crippen LogP) is 13.2. The third kappa shape index (κ3) is 9.83. The molecule has 56 heavy (non-hydrogen) atoms. The summed E-state index contributed by atoms with van der Waals surface area (Å²) in [5, 5.41) is 0. The molecule has 0 aliphatic carbocycles. The Bertz CT molecular complexity index is 2480. The van der Waals surface area contributed by atoms with Crippen LogP contribution in [-0.2, 0) is 0 Å². The van der Waals surface area contributed by atoms with Crippen molar-refractivity contribution in [3.8, 4) is 67.5 Å². The lowest BCUT2D eigenvalue weighted by atomic mass is 10.1. The predicted molar refractivity (Wildman–Crippen MR) is 221 cm³/mol. The SMILES string of the molecule is O=C(Oc1ccc(-c2ccccc2)cc1)Oc1ccccc1-c1ccccc1.O=C(Oc1cccc(-c2ccccc2)c1)Oc1ccccc1-c1ccccc1. The van der Waals surface area contributed by atoms with Gasteiger partial charge in [-0.05, 0) is 69.8 Å². The maximum atomic E-state index is 12.4. The highest BCUT2D eigenvalue weighted by Gasteiger charge is 2.14. The van der Waals surface area contributed by atoms with Gasteiger partial charge in [-0.1, -0.05) is 182 Å². The molecule has 8 aromatic carbocycles. The summed E-state index contributed by atoms with van der Waals surface area (Å²) in [5.41, 5.74) is 7.78. The van der Waals surface area contributed by atoms with Crippen molar-refractivity contribution in [1.82, 2.24) is 0 Å². The molecule has 0 fully saturated rings. The van der Waals surface area contributed by atoms with E-state index < -0.39 is 12.3 Å². The summed E-state index contributed by atoms with van der Waals surface area (Å²) >= 11 is 0. The largest absolute Gasteiger partial charge is 0.519 e. The van der Waals surface area contributed by atoms with Crippen molar-refractivity contribution < 1.29 is 28.5 Å². The zero-order chi connectivity index (χ0) is 38.4. The minimum Gasteiger partial charge on any atom is -0.395 e. The molecule has 0 spiro atoms. The standard InChI is InChI=1S/2C25H18O3/c26-25(27-22-15-9-14-21(18-22)19-10-3-1-4-11-19)28-24-17-8-7-16-23(24)20-12-5-2-6-13-20;26-25(27-22-17-15-20(16-18-22)19-9-3-1-4-10-19)28-24-14-8-7-13-23(24)21-11-5-2-6-12-21/h2*1-18H. The molecular weight excluding hydrogens is 697 g/mol. The summed E-state index contributed by atoms with van der Waals surface area (Å²) in [6, 6.07) is 69.0. The van der Waals surface area contributed by atoms with E-state index in [1.165, 1.54) is 0 Å². The number of carbonyl (C=O) groups excluding carboxylic acids is 2. The molecule has 0 saturated carbocycles. The Morgan fingerprint density at radius 1 is 0.268 bits per heavy atom. The molecule has 0 bridgehead atoms. The van der Waals surface area contributed by atoms with Crippen LogP contribution < -0.4 is 18.9 Å². The Kier molecular flexibility index (Phi) is 12.0. The number of para-hydroxylation sites is 2. The molecule has 0 N–H and O–H groups in total. The maximum Gasteiger partial charge on any atom is 0.519 e. The van der Waals surface area contributed by atoms with Crippen LogP contribution in [0.25, 0.3) is 44.5 Å². The summed E-state index contributed by atoms with van der Waals surface area (Å²) in [7, 11) is 0. The summed E-state index contributed by atoms with van der Waals surface area (Å²) in [6.07, 6.45) is -1.54. The van der Waals surface area contributed by atoms with Crippen LogP contribution in [0.2, 0.25) is 0 Å². The molecule has 272 valence electrons. The molecule has 0 aliphatic heterocycles. The lowest BCUT2D eigenvalue weighted by Gasteiger charge is -2.11. The van der Waals surface area contributed by atoms with Gasteiger partial charge in [-0.3, -0.25) is 0 Å². The third-order valence-corrected chi connectivity index (χ3v) is 8.64. The van der Waals surface area contributed by atoms with Crippen LogP contribution in [0.1, 0.15) is 0 Å². The van der Waals surface area contributed by atoms with Crippen LogP contribution in [0, 0.1) is 0 Å². The molecule has 0 radical (unpaired) electrons. The van der Waals surface area contributed by atoms with E-state index in [-0.39, 0.29) is 0 Å². The number of carbonyl (C=O) groups is 2. The zero-order valence-electron chi connectivity index (χ0n) is 30.2. The second-order valence-electron chi connectivity index (χ2n) is 12.4. The van der Waals surface area contributed by atoms with Crippen molar-refractivity contribution in [3.05, 3.63) is 218 Å². The Hall–Kier alpha value is -7.70. The van der Waals surface area contributed by atoms with E-state index in [4.69, 9.17) is 18.9 Å². The lowest BCUT2D eigenvalue weighted by molar-refractivity contribution is 0.151. The van der Waals surface area contributed by atoms with Crippen LogP contribution in [0.4, 0.5) is 9.59 Å². The van der Waals surface area contributed by atoms with Gasteiger partial charge < -0.3 is 18.9 Å². The average Bonchev–Trinajstić information content (AvgIpc) is 3.26. The van der Waals surface area contributed by atoms with Gasteiger partial charge in [0.1, 0.15) is 23.0 Å². The first kappa shape index (κ1) is 36.6. The van der Waals surface area contributed by atoms with Crippen LogP contribution in [0.15, 0.2) is 218 Å². The van der Waals surface area contributed by atoms with E-state index in [9.17, 15) is 9.59 Å². The normalized spacial score (nSPS) is 10.3. The van der Waals surface area contributed by atoms with Crippen LogP contribution >= 0.6 is 0 Å². The molecule has 0 amide bonds. The highest BCUT2D eigenvalue weighted by Crippen LogP contribution is 2.32. The molecule has 0 heterocycles. The first-order chi connectivity index (χ1) is 27.6. The van der Waals surface area contributed by atoms with Gasteiger partial charge in [0.05, 0.1) is 0 Å². The molecule has 8 rings (SSSR count). The molecular formula is C50H36O6. The van der Waals surface area contributed by atoms with E-state index in [1.807, 2.05) is 188 Å². The maximum absolute atomic E-state index is 12.4. The van der Waals surface area contributed by atoms with Crippen LogP contribution in [-0.4, -0.2) is 12.3 Å². The van der Waals surface area contributed by atoms with Gasteiger partial charge in [-0.25, -0.2) is 9.59 Å². The molecule has 6 heteroatoms. The average molecular weight is 733 g/mol. The topological polar surface area (TPSA) is 71.1 Å². The minimum absolute atomic E-state index is 0.432. The van der Waals surface area contributed by atoms with Crippen LogP contribution in [0.5, 0.6) is 23.0 Å². The Balaban J connectivity index is 0.000000172. The molecule has 0 atom stereocenters. The summed E-state index contributed by atoms with van der Waals surface area (Å²) in [6.45, 7) is 0. The first-order valence-electron chi connectivity index (χ1n) is 18.0. The van der Waals surface area contributed by atoms with Crippen molar-refractivity contribution in [3.63, 3.8) is 0 Å². The number of benzene rings is 8. The smallest absolute Gasteiger partial charge is 0.395 e. The van der Waals surface area contributed by atoms with E-state index in [1.54, 1.807) is 30.3 Å². The highest BCUT2D eigenvalue weighted by atomic mass is 16.7. The highest BCUT2D eigenvalue weighted by molar-refractivity contribution is 5.77. The number of hydrogen-bond donors (Lipinski definition) is 0. The van der Waals surface area contributed by atoms with Crippen molar-refractivity contribution in [1.29, 1.82) is 0 Å². The van der Waals surface area contributed by atoms with Gasteiger partial charge in [0.15, 0.2) is 0 Å². The van der Waals surface area contributed by atoms with Crippen molar-refractivity contribution >= 4 is 12.3 Å². The summed E-state index contributed by atoms with van der Waals surface area (Å²) in [5.74, 6) is 1.78. The molecule has 0 aromatic heterocycles. The van der Waals surface area contributed by atoms with Crippen molar-refractivity contribution in [2.45, 2.75) is 0 Å². The Morgan fingerprint density at radius 3 is 1.11 bits per heavy atom. The van der Waals surface area contributed by atoms with E-state index in [0.717, 1.165) is 44.5 Å². The minimum atomic E-state index is -0.770. The monoisotopic (exact) mass is 732 g/mol. The van der Waals surface area contributed by atoms with Gasteiger partial charge in [-0.15, -0.1) is 0 Å². The fraction of sp³-hybridized carbons (Fsp3) is 0. The number of rotatable bonds is 8. The van der Waals surface area contributed by atoms with Gasteiger partial charge >= 0.3 is 12.3 Å². The van der Waals surface area contributed by atoms with Crippen molar-refractivity contribution in [2.75, 3.05) is 0 Å². The van der Waals surface area contributed by atoms with Gasteiger partial charge in [-0.2, -0.15) is 0 Å². The van der Waals surface area contributed by atoms with E-state index >= 15 is 0 Å². The van der Waals surface area contributed by atoms with Gasteiger partial charge in [0.2, 0.25) is 0 Å². The fourth-order valence-corrected chi connectivity index (χ4v) is 5.95. The van der Waals surface area contributed by atoms with Gasteiger partial charge in [0.25, 0.3) is 0 Å². The summed E-state index contributed by atoms with van der Waals surface area (Å²) in [4.78, 5) is 24.6. The molecule has 0 saturated heterocycles. The second-order valence-corrected chi connectivity index (χ2v) is 12.4. The fourth-order valence-electron chi connectivity index (χ4n) is 5.95. The quantitative estimate of drug-likeness (QED) is 0.114. The molecule has 8 aromatic rings. The molecule has 0 unspecified atom stereocenters. The van der Waals surface area contributed by atoms with Crippen LogP contribution in [0.3, 0.4) is 0 Å². The first-order valence-corrected chi connectivity index (χ1v) is 18.0. The van der Waals surface area contributed by atoms with Crippen molar-refractivity contribution in [2.24, 2.45) is 0 Å². The summed E-state index contributed by atoms with van der Waals surface area (Å²) < 4.78 is 21.7. The Morgan fingerprint density at radius 2 is 0.625 bits per heavy atom.